The largest absolute Gasteiger partial charge is 0.368 e. The molecule has 1 aromatic heterocycles. The van der Waals surface area contributed by atoms with Crippen LogP contribution in [0.25, 0.3) is 0 Å². The maximum atomic E-state index is 12.8. The second kappa shape index (κ2) is 6.47. The molecule has 1 aliphatic rings. The molecular formula is C15H18FN5. The molecule has 1 saturated heterocycles. The van der Waals surface area contributed by atoms with E-state index in [0.717, 1.165) is 37.4 Å². The highest BCUT2D eigenvalue weighted by Gasteiger charge is 2.15. The minimum absolute atomic E-state index is 0.207. The summed E-state index contributed by atoms with van der Waals surface area (Å²) >= 11 is 0. The molecule has 2 heterocycles. The molecular weight excluding hydrogens is 269 g/mol. The summed E-state index contributed by atoms with van der Waals surface area (Å²) in [7, 11) is 0. The Bertz CT molecular complexity index is 581. The fraction of sp³-hybridized carbons (Fsp3) is 0.400. The van der Waals surface area contributed by atoms with Gasteiger partial charge in [-0.3, -0.25) is 0 Å². The van der Waals surface area contributed by atoms with E-state index in [1.165, 1.54) is 25.0 Å². The standard InChI is InChI=1S/C15H18FN5/c16-13-5-3-12(4-6-13)7-8-17-14-11-18-20-15(19-14)21-9-1-2-10-21/h3-6,11H,1-2,7-10H2,(H,17,19,20). The van der Waals surface area contributed by atoms with Gasteiger partial charge >= 0.3 is 0 Å². The summed E-state index contributed by atoms with van der Waals surface area (Å²) in [6.45, 7) is 2.73. The Kier molecular flexibility index (Phi) is 4.23. The number of aromatic nitrogens is 3. The number of benzene rings is 1. The van der Waals surface area contributed by atoms with Crippen molar-refractivity contribution in [1.29, 1.82) is 0 Å². The molecule has 5 nitrogen and oxygen atoms in total. The Morgan fingerprint density at radius 2 is 1.90 bits per heavy atom. The normalized spacial score (nSPS) is 14.4. The number of halogens is 1. The first-order valence-electron chi connectivity index (χ1n) is 7.24. The molecule has 0 aliphatic carbocycles. The van der Waals surface area contributed by atoms with Crippen molar-refractivity contribution in [3.63, 3.8) is 0 Å². The average molecular weight is 287 g/mol. The lowest BCUT2D eigenvalue weighted by atomic mass is 10.1. The minimum Gasteiger partial charge on any atom is -0.368 e. The molecule has 1 fully saturated rings. The van der Waals surface area contributed by atoms with E-state index in [9.17, 15) is 4.39 Å². The first-order valence-corrected chi connectivity index (χ1v) is 7.24. The molecule has 1 N–H and O–H groups in total. The third kappa shape index (κ3) is 3.65. The molecule has 0 atom stereocenters. The smallest absolute Gasteiger partial charge is 0.247 e. The van der Waals surface area contributed by atoms with E-state index in [2.05, 4.69) is 25.4 Å². The van der Waals surface area contributed by atoms with Gasteiger partial charge in [0.1, 0.15) is 5.82 Å². The molecule has 0 unspecified atom stereocenters. The highest BCUT2D eigenvalue weighted by molar-refractivity contribution is 5.39. The number of hydrogen-bond donors (Lipinski definition) is 1. The maximum Gasteiger partial charge on any atom is 0.247 e. The summed E-state index contributed by atoms with van der Waals surface area (Å²) in [5.74, 6) is 1.22. The molecule has 0 saturated carbocycles. The number of rotatable bonds is 5. The fourth-order valence-electron chi connectivity index (χ4n) is 2.42. The molecule has 3 rings (SSSR count). The quantitative estimate of drug-likeness (QED) is 0.914. The summed E-state index contributed by atoms with van der Waals surface area (Å²) < 4.78 is 12.8. The molecule has 1 aromatic carbocycles. The van der Waals surface area contributed by atoms with Crippen LogP contribution in [0, 0.1) is 5.82 Å². The van der Waals surface area contributed by atoms with Gasteiger partial charge in [-0.2, -0.15) is 10.1 Å². The van der Waals surface area contributed by atoms with E-state index in [1.54, 1.807) is 18.3 Å². The van der Waals surface area contributed by atoms with Gasteiger partial charge in [-0.15, -0.1) is 5.10 Å². The minimum atomic E-state index is -0.207. The van der Waals surface area contributed by atoms with Crippen molar-refractivity contribution in [3.8, 4) is 0 Å². The molecule has 6 heteroatoms. The van der Waals surface area contributed by atoms with Gasteiger partial charge in [0.15, 0.2) is 5.82 Å². The van der Waals surface area contributed by atoms with Crippen LogP contribution >= 0.6 is 0 Å². The van der Waals surface area contributed by atoms with Crippen LogP contribution in [0.15, 0.2) is 30.5 Å². The van der Waals surface area contributed by atoms with Crippen LogP contribution in [0.4, 0.5) is 16.2 Å². The molecule has 110 valence electrons. The number of nitrogens with zero attached hydrogens (tertiary/aromatic N) is 4. The predicted molar refractivity (Wildman–Crippen MR) is 79.9 cm³/mol. The van der Waals surface area contributed by atoms with Gasteiger partial charge in [0, 0.05) is 19.6 Å². The van der Waals surface area contributed by atoms with Gasteiger partial charge in [0.2, 0.25) is 5.95 Å². The van der Waals surface area contributed by atoms with Crippen molar-refractivity contribution in [2.75, 3.05) is 29.9 Å². The van der Waals surface area contributed by atoms with Crippen molar-refractivity contribution >= 4 is 11.8 Å². The number of anilines is 2. The van der Waals surface area contributed by atoms with Gasteiger partial charge in [-0.25, -0.2) is 4.39 Å². The highest BCUT2D eigenvalue weighted by atomic mass is 19.1. The number of hydrogen-bond acceptors (Lipinski definition) is 5. The Morgan fingerprint density at radius 1 is 1.14 bits per heavy atom. The average Bonchev–Trinajstić information content (AvgIpc) is 3.04. The third-order valence-electron chi connectivity index (χ3n) is 3.57. The zero-order valence-corrected chi connectivity index (χ0v) is 11.8. The van der Waals surface area contributed by atoms with Crippen molar-refractivity contribution in [1.82, 2.24) is 15.2 Å². The van der Waals surface area contributed by atoms with Gasteiger partial charge in [0.25, 0.3) is 0 Å². The van der Waals surface area contributed by atoms with E-state index < -0.39 is 0 Å². The topological polar surface area (TPSA) is 53.9 Å². The monoisotopic (exact) mass is 287 g/mol. The molecule has 0 spiro atoms. The van der Waals surface area contributed by atoms with Gasteiger partial charge in [-0.05, 0) is 37.0 Å². The zero-order valence-electron chi connectivity index (χ0n) is 11.8. The van der Waals surface area contributed by atoms with Crippen molar-refractivity contribution in [2.45, 2.75) is 19.3 Å². The molecule has 2 aromatic rings. The lowest BCUT2D eigenvalue weighted by Crippen LogP contribution is -2.21. The van der Waals surface area contributed by atoms with E-state index in [1.807, 2.05) is 0 Å². The zero-order chi connectivity index (χ0) is 14.5. The lowest BCUT2D eigenvalue weighted by molar-refractivity contribution is 0.627. The number of nitrogens with one attached hydrogen (secondary N) is 1. The SMILES string of the molecule is Fc1ccc(CCNc2cnnc(N3CCCC3)n2)cc1. The van der Waals surface area contributed by atoms with E-state index in [0.29, 0.717) is 5.95 Å². The lowest BCUT2D eigenvalue weighted by Gasteiger charge is -2.14. The van der Waals surface area contributed by atoms with E-state index in [-0.39, 0.29) is 5.82 Å². The molecule has 0 radical (unpaired) electrons. The molecule has 0 bridgehead atoms. The molecule has 1 aliphatic heterocycles. The van der Waals surface area contributed by atoms with E-state index >= 15 is 0 Å². The van der Waals surface area contributed by atoms with Crippen molar-refractivity contribution in [3.05, 3.63) is 41.8 Å². The van der Waals surface area contributed by atoms with Gasteiger partial charge < -0.3 is 10.2 Å². The maximum absolute atomic E-state index is 12.8. The first-order chi connectivity index (χ1) is 10.3. The first kappa shape index (κ1) is 13.7. The summed E-state index contributed by atoms with van der Waals surface area (Å²) in [5, 5.41) is 11.3. The predicted octanol–water partition coefficient (Wildman–Crippen LogP) is 2.27. The summed E-state index contributed by atoms with van der Waals surface area (Å²) in [6.07, 6.45) is 4.81. The molecule has 21 heavy (non-hydrogen) atoms. The van der Waals surface area contributed by atoms with Gasteiger partial charge in [0.05, 0.1) is 6.20 Å². The van der Waals surface area contributed by atoms with Crippen LogP contribution < -0.4 is 10.2 Å². The Balaban J connectivity index is 1.55. The summed E-state index contributed by atoms with van der Waals surface area (Å²) in [5.41, 5.74) is 1.09. The second-order valence-electron chi connectivity index (χ2n) is 5.14. The van der Waals surface area contributed by atoms with Crippen LogP contribution in [-0.2, 0) is 6.42 Å². The summed E-state index contributed by atoms with van der Waals surface area (Å²) in [4.78, 5) is 6.63. The Hall–Kier alpha value is -2.24. The second-order valence-corrected chi connectivity index (χ2v) is 5.14. The Labute approximate surface area is 123 Å². The van der Waals surface area contributed by atoms with Crippen molar-refractivity contribution in [2.24, 2.45) is 0 Å². The third-order valence-corrected chi connectivity index (χ3v) is 3.57. The van der Waals surface area contributed by atoms with Crippen LogP contribution in [-0.4, -0.2) is 34.8 Å². The van der Waals surface area contributed by atoms with Crippen LogP contribution in [0.5, 0.6) is 0 Å². The molecule has 0 amide bonds. The van der Waals surface area contributed by atoms with Crippen molar-refractivity contribution < 1.29 is 4.39 Å². The summed E-state index contributed by atoms with van der Waals surface area (Å²) in [6, 6.07) is 6.55. The highest BCUT2D eigenvalue weighted by Crippen LogP contribution is 2.15. The van der Waals surface area contributed by atoms with Crippen LogP contribution in [0.2, 0.25) is 0 Å². The van der Waals surface area contributed by atoms with Crippen LogP contribution in [0.1, 0.15) is 18.4 Å². The Morgan fingerprint density at radius 3 is 2.67 bits per heavy atom. The van der Waals surface area contributed by atoms with E-state index in [4.69, 9.17) is 0 Å². The van der Waals surface area contributed by atoms with Crippen LogP contribution in [0.3, 0.4) is 0 Å². The van der Waals surface area contributed by atoms with Gasteiger partial charge in [-0.1, -0.05) is 12.1 Å². The fourth-order valence-corrected chi connectivity index (χ4v) is 2.42.